The number of anilines is 1. The molecule has 0 aliphatic rings. The molecule has 6 heteroatoms. The van der Waals surface area contributed by atoms with Crippen LogP contribution in [0, 0.1) is 6.92 Å². The van der Waals surface area contributed by atoms with E-state index in [-0.39, 0.29) is 5.69 Å². The molecule has 1 aromatic carbocycles. The van der Waals surface area contributed by atoms with E-state index in [1.54, 1.807) is 0 Å². The molecule has 0 saturated carbocycles. The van der Waals surface area contributed by atoms with Crippen LogP contribution in [0.15, 0.2) is 29.1 Å². The summed E-state index contributed by atoms with van der Waals surface area (Å²) >= 11 is 0. The number of pyridine rings is 1. The quantitative estimate of drug-likeness (QED) is 0.611. The lowest BCUT2D eigenvalue weighted by atomic mass is 10.0. The Bertz CT molecular complexity index is 865. The first-order valence-electron chi connectivity index (χ1n) is 7.94. The molecule has 2 heterocycles. The zero-order valence-corrected chi connectivity index (χ0v) is 13.4. The molecule has 0 amide bonds. The SMILES string of the molecule is CCc1c(C)nc2ccccc2c1NCCCc1n[nH]c(=O)[nH]1. The average Bonchev–Trinajstić information content (AvgIpc) is 2.96. The summed E-state index contributed by atoms with van der Waals surface area (Å²) in [5, 5.41) is 11.0. The smallest absolute Gasteiger partial charge is 0.340 e. The number of hydrogen-bond acceptors (Lipinski definition) is 4. The van der Waals surface area contributed by atoms with Gasteiger partial charge in [0.25, 0.3) is 0 Å². The van der Waals surface area contributed by atoms with Crippen LogP contribution in [0.3, 0.4) is 0 Å². The Balaban J connectivity index is 1.77. The lowest BCUT2D eigenvalue weighted by molar-refractivity contribution is 0.805. The number of nitrogens with zero attached hydrogens (tertiary/aromatic N) is 2. The van der Waals surface area contributed by atoms with Gasteiger partial charge >= 0.3 is 5.69 Å². The Morgan fingerprint density at radius 1 is 1.26 bits per heavy atom. The Hall–Kier alpha value is -2.63. The highest BCUT2D eigenvalue weighted by atomic mass is 16.1. The fourth-order valence-electron chi connectivity index (χ4n) is 2.90. The van der Waals surface area contributed by atoms with Crippen molar-refractivity contribution in [2.75, 3.05) is 11.9 Å². The van der Waals surface area contributed by atoms with E-state index in [1.807, 2.05) is 18.2 Å². The first-order valence-corrected chi connectivity index (χ1v) is 7.94. The van der Waals surface area contributed by atoms with Crippen LogP contribution < -0.4 is 11.0 Å². The van der Waals surface area contributed by atoms with Crippen molar-refractivity contribution in [1.29, 1.82) is 0 Å². The van der Waals surface area contributed by atoms with Crippen molar-refractivity contribution >= 4 is 16.6 Å². The Kier molecular flexibility index (Phi) is 4.41. The highest BCUT2D eigenvalue weighted by Gasteiger charge is 2.10. The fraction of sp³-hybridized carbons (Fsp3) is 0.353. The van der Waals surface area contributed by atoms with Crippen molar-refractivity contribution in [2.24, 2.45) is 0 Å². The molecule has 3 aromatic rings. The van der Waals surface area contributed by atoms with E-state index in [2.05, 4.69) is 40.4 Å². The van der Waals surface area contributed by atoms with Crippen LogP contribution in [-0.4, -0.2) is 26.7 Å². The molecule has 120 valence electrons. The summed E-state index contributed by atoms with van der Waals surface area (Å²) in [6.07, 6.45) is 2.56. The Morgan fingerprint density at radius 3 is 2.83 bits per heavy atom. The predicted molar refractivity (Wildman–Crippen MR) is 91.9 cm³/mol. The number of H-pyrrole nitrogens is 2. The van der Waals surface area contributed by atoms with Gasteiger partial charge in [-0.1, -0.05) is 25.1 Å². The third kappa shape index (κ3) is 3.26. The molecule has 6 nitrogen and oxygen atoms in total. The van der Waals surface area contributed by atoms with Gasteiger partial charge in [0.2, 0.25) is 0 Å². The van der Waals surface area contributed by atoms with Crippen LogP contribution in [0.2, 0.25) is 0 Å². The minimum Gasteiger partial charge on any atom is -0.384 e. The van der Waals surface area contributed by atoms with Gasteiger partial charge in [-0.15, -0.1) is 0 Å². The predicted octanol–water partition coefficient (Wildman–Crippen LogP) is 2.56. The maximum Gasteiger partial charge on any atom is 0.340 e. The molecule has 0 bridgehead atoms. The molecule has 0 saturated heterocycles. The van der Waals surface area contributed by atoms with Gasteiger partial charge in [0, 0.05) is 29.7 Å². The van der Waals surface area contributed by atoms with E-state index in [0.29, 0.717) is 5.82 Å². The number of rotatable bonds is 6. The van der Waals surface area contributed by atoms with Gasteiger partial charge in [0.15, 0.2) is 0 Å². The van der Waals surface area contributed by atoms with Crippen molar-refractivity contribution < 1.29 is 0 Å². The summed E-state index contributed by atoms with van der Waals surface area (Å²) in [5.74, 6) is 0.697. The van der Waals surface area contributed by atoms with Gasteiger partial charge < -0.3 is 5.32 Å². The molecule has 0 radical (unpaired) electrons. The van der Waals surface area contributed by atoms with Crippen LogP contribution in [-0.2, 0) is 12.8 Å². The third-order valence-electron chi connectivity index (χ3n) is 4.00. The standard InChI is InChI=1S/C17H21N5O/c1-3-12-11(2)19-14-8-5-4-7-13(14)16(12)18-10-6-9-15-20-17(23)22-21-15/h4-5,7-8H,3,6,9-10H2,1-2H3,(H,18,19)(H2,20,21,22,23). The van der Waals surface area contributed by atoms with Crippen LogP contribution >= 0.6 is 0 Å². The maximum absolute atomic E-state index is 11.0. The molecule has 23 heavy (non-hydrogen) atoms. The summed E-state index contributed by atoms with van der Waals surface area (Å²) < 4.78 is 0. The van der Waals surface area contributed by atoms with Crippen molar-refractivity contribution in [1.82, 2.24) is 20.2 Å². The van der Waals surface area contributed by atoms with Gasteiger partial charge in [-0.25, -0.2) is 9.89 Å². The monoisotopic (exact) mass is 311 g/mol. The van der Waals surface area contributed by atoms with E-state index < -0.39 is 0 Å². The van der Waals surface area contributed by atoms with Crippen molar-refractivity contribution in [2.45, 2.75) is 33.1 Å². The molecule has 3 N–H and O–H groups in total. The maximum atomic E-state index is 11.0. The van der Waals surface area contributed by atoms with Crippen LogP contribution in [0.4, 0.5) is 5.69 Å². The number of nitrogens with one attached hydrogen (secondary N) is 3. The number of benzene rings is 1. The zero-order chi connectivity index (χ0) is 16.2. The van der Waals surface area contributed by atoms with Crippen LogP contribution in [0.5, 0.6) is 0 Å². The number of fused-ring (bicyclic) bond motifs is 1. The molecule has 0 atom stereocenters. The van der Waals surface area contributed by atoms with Crippen molar-refractivity contribution in [3.63, 3.8) is 0 Å². The van der Waals surface area contributed by atoms with E-state index >= 15 is 0 Å². The molecular formula is C17H21N5O. The number of para-hydroxylation sites is 1. The summed E-state index contributed by atoms with van der Waals surface area (Å²) in [6.45, 7) is 5.03. The van der Waals surface area contributed by atoms with Gasteiger partial charge in [-0.3, -0.25) is 9.97 Å². The number of aryl methyl sites for hydroxylation is 2. The summed E-state index contributed by atoms with van der Waals surface area (Å²) in [7, 11) is 0. The van der Waals surface area contributed by atoms with Crippen LogP contribution in [0.25, 0.3) is 10.9 Å². The second kappa shape index (κ2) is 6.64. The zero-order valence-electron chi connectivity index (χ0n) is 13.4. The molecule has 0 spiro atoms. The van der Waals surface area contributed by atoms with E-state index in [4.69, 9.17) is 4.98 Å². The number of hydrogen-bond donors (Lipinski definition) is 3. The highest BCUT2D eigenvalue weighted by Crippen LogP contribution is 2.28. The van der Waals surface area contributed by atoms with Gasteiger partial charge in [0.05, 0.1) is 5.52 Å². The van der Waals surface area contributed by atoms with Crippen molar-refractivity contribution in [3.8, 4) is 0 Å². The molecule has 0 aliphatic carbocycles. The highest BCUT2D eigenvalue weighted by molar-refractivity contribution is 5.93. The Morgan fingerprint density at radius 2 is 2.09 bits per heavy atom. The molecule has 3 rings (SSSR count). The lowest BCUT2D eigenvalue weighted by Gasteiger charge is -2.16. The normalized spacial score (nSPS) is 11.0. The Labute approximate surface area is 134 Å². The second-order valence-electron chi connectivity index (χ2n) is 5.58. The molecular weight excluding hydrogens is 290 g/mol. The van der Waals surface area contributed by atoms with Crippen LogP contribution in [0.1, 0.15) is 30.4 Å². The van der Waals surface area contributed by atoms with Gasteiger partial charge in [0.1, 0.15) is 5.82 Å². The number of aromatic nitrogens is 4. The molecule has 0 unspecified atom stereocenters. The number of aromatic amines is 2. The first-order chi connectivity index (χ1) is 11.2. The minimum absolute atomic E-state index is 0.253. The summed E-state index contributed by atoms with van der Waals surface area (Å²) in [4.78, 5) is 18.4. The third-order valence-corrected chi connectivity index (χ3v) is 4.00. The van der Waals surface area contributed by atoms with Gasteiger partial charge in [-0.05, 0) is 31.4 Å². The summed E-state index contributed by atoms with van der Waals surface area (Å²) in [5.41, 5.74) is 4.27. The fourth-order valence-corrected chi connectivity index (χ4v) is 2.90. The average molecular weight is 311 g/mol. The lowest BCUT2D eigenvalue weighted by Crippen LogP contribution is -2.08. The topological polar surface area (TPSA) is 86.5 Å². The van der Waals surface area contributed by atoms with Crippen molar-refractivity contribution in [3.05, 3.63) is 51.8 Å². The van der Waals surface area contributed by atoms with E-state index in [1.165, 1.54) is 11.3 Å². The molecule has 0 aliphatic heterocycles. The largest absolute Gasteiger partial charge is 0.384 e. The van der Waals surface area contributed by atoms with E-state index in [9.17, 15) is 4.79 Å². The molecule has 2 aromatic heterocycles. The first kappa shape index (κ1) is 15.3. The van der Waals surface area contributed by atoms with Gasteiger partial charge in [-0.2, -0.15) is 5.10 Å². The molecule has 0 fully saturated rings. The summed E-state index contributed by atoms with van der Waals surface area (Å²) in [6, 6.07) is 8.20. The minimum atomic E-state index is -0.253. The second-order valence-corrected chi connectivity index (χ2v) is 5.58. The van der Waals surface area contributed by atoms with E-state index in [0.717, 1.165) is 42.4 Å².